The summed E-state index contributed by atoms with van der Waals surface area (Å²) in [5, 5.41) is 11.9. The maximum Gasteiger partial charge on any atom is 0.243 e. The Labute approximate surface area is 212 Å². The summed E-state index contributed by atoms with van der Waals surface area (Å²) in [5.74, 6) is 0.995. The van der Waals surface area contributed by atoms with Crippen LogP contribution in [0.1, 0.15) is 66.3 Å². The molecule has 2 aliphatic heterocycles. The monoisotopic (exact) mass is 507 g/mol. The zero-order chi connectivity index (χ0) is 25.1. The second kappa shape index (κ2) is 10.6. The topological polar surface area (TPSA) is 97.2 Å². The molecular formula is C27H33N5O3S. The summed E-state index contributed by atoms with van der Waals surface area (Å²) < 4.78 is 29.8. The number of hydrogen-bond acceptors (Lipinski definition) is 6. The first-order valence-corrected chi connectivity index (χ1v) is 14.2. The molecule has 8 nitrogen and oxygen atoms in total. The lowest BCUT2D eigenvalue weighted by Gasteiger charge is -2.29. The predicted octanol–water partition coefficient (Wildman–Crippen LogP) is 3.90. The number of nitrogens with one attached hydrogen (secondary N) is 1. The molecule has 0 saturated carbocycles. The van der Waals surface area contributed by atoms with Crippen LogP contribution in [0, 0.1) is 0 Å². The summed E-state index contributed by atoms with van der Waals surface area (Å²) >= 11 is 0. The first kappa shape index (κ1) is 24.8. The van der Waals surface area contributed by atoms with Gasteiger partial charge >= 0.3 is 0 Å². The van der Waals surface area contributed by atoms with Crippen LogP contribution in [0.3, 0.4) is 0 Å². The average Bonchev–Trinajstić information content (AvgIpc) is 3.30. The summed E-state index contributed by atoms with van der Waals surface area (Å²) in [4.78, 5) is 13.3. The highest BCUT2D eigenvalue weighted by atomic mass is 32.2. The standard InChI is InChI=1S/C27H33N5O3S/c1-31-26(21-9-4-2-5-10-21)29-30-27(31)25(33)12-8-11-24-23-19-22(14-13-20(23)15-16-28-24)36(34,35)32-17-6-3-7-18-32/h2,4-5,9-10,13-14,19,24,28H,3,6-8,11-12,15-18H2,1H3. The Balaban J connectivity index is 1.26. The van der Waals surface area contributed by atoms with Crippen LogP contribution >= 0.6 is 0 Å². The van der Waals surface area contributed by atoms with Crippen LogP contribution in [-0.4, -0.2) is 52.9 Å². The fourth-order valence-electron chi connectivity index (χ4n) is 5.28. The van der Waals surface area contributed by atoms with E-state index in [0.717, 1.165) is 49.8 Å². The van der Waals surface area contributed by atoms with Crippen molar-refractivity contribution < 1.29 is 13.2 Å². The molecule has 0 bridgehead atoms. The average molecular weight is 508 g/mol. The van der Waals surface area contributed by atoms with Crippen molar-refractivity contribution in [1.29, 1.82) is 0 Å². The Kier molecular flexibility index (Phi) is 7.32. The maximum absolute atomic E-state index is 13.2. The van der Waals surface area contributed by atoms with E-state index in [-0.39, 0.29) is 11.8 Å². The van der Waals surface area contributed by atoms with Gasteiger partial charge in [0.25, 0.3) is 0 Å². The van der Waals surface area contributed by atoms with Crippen molar-refractivity contribution in [2.24, 2.45) is 7.05 Å². The molecule has 2 aromatic carbocycles. The van der Waals surface area contributed by atoms with Crippen LogP contribution in [0.15, 0.2) is 53.4 Å². The Morgan fingerprint density at radius 1 is 1.06 bits per heavy atom. The van der Waals surface area contributed by atoms with Gasteiger partial charge < -0.3 is 9.88 Å². The van der Waals surface area contributed by atoms with Crippen LogP contribution in [0.4, 0.5) is 0 Å². The summed E-state index contributed by atoms with van der Waals surface area (Å²) in [6.07, 6.45) is 5.57. The highest BCUT2D eigenvalue weighted by Gasteiger charge is 2.28. The molecule has 36 heavy (non-hydrogen) atoms. The molecule has 3 heterocycles. The molecule has 2 aliphatic rings. The smallest absolute Gasteiger partial charge is 0.243 e. The largest absolute Gasteiger partial charge is 0.310 e. The summed E-state index contributed by atoms with van der Waals surface area (Å²) in [7, 11) is -1.66. The predicted molar refractivity (Wildman–Crippen MR) is 138 cm³/mol. The van der Waals surface area contributed by atoms with Crippen molar-refractivity contribution in [2.75, 3.05) is 19.6 Å². The van der Waals surface area contributed by atoms with E-state index < -0.39 is 10.0 Å². The Morgan fingerprint density at radius 3 is 2.61 bits per heavy atom. The van der Waals surface area contributed by atoms with Gasteiger partial charge in [0.1, 0.15) is 0 Å². The highest BCUT2D eigenvalue weighted by Crippen LogP contribution is 2.31. The van der Waals surface area contributed by atoms with Crippen molar-refractivity contribution >= 4 is 15.8 Å². The molecule has 190 valence electrons. The third kappa shape index (κ3) is 5.00. The molecule has 9 heteroatoms. The van der Waals surface area contributed by atoms with Gasteiger partial charge in [0.2, 0.25) is 10.0 Å². The molecule has 0 radical (unpaired) electrons. The molecule has 5 rings (SSSR count). The molecule has 0 aliphatic carbocycles. The quantitative estimate of drug-likeness (QED) is 0.465. The number of nitrogens with zero attached hydrogens (tertiary/aromatic N) is 4. The van der Waals surface area contributed by atoms with E-state index in [2.05, 4.69) is 15.5 Å². The molecule has 1 saturated heterocycles. The lowest BCUT2D eigenvalue weighted by molar-refractivity contribution is 0.0964. The molecule has 1 atom stereocenters. The van der Waals surface area contributed by atoms with Gasteiger partial charge in [0, 0.05) is 38.2 Å². The second-order valence-electron chi connectivity index (χ2n) is 9.67. The van der Waals surface area contributed by atoms with Gasteiger partial charge in [0.15, 0.2) is 17.4 Å². The number of aromatic nitrogens is 3. The number of sulfonamides is 1. The number of hydrogen-bond donors (Lipinski definition) is 1. The fourth-order valence-corrected chi connectivity index (χ4v) is 6.83. The molecular weight excluding hydrogens is 474 g/mol. The Hall–Kier alpha value is -2.88. The lowest BCUT2D eigenvalue weighted by atomic mass is 9.91. The summed E-state index contributed by atoms with van der Waals surface area (Å²) in [6.45, 7) is 2.03. The van der Waals surface area contributed by atoms with E-state index in [4.69, 9.17) is 0 Å². The first-order valence-electron chi connectivity index (χ1n) is 12.8. The summed E-state index contributed by atoms with van der Waals surface area (Å²) in [6, 6.07) is 15.3. The SMILES string of the molecule is Cn1c(C(=O)CCCC2NCCc3ccc(S(=O)(=O)N4CCCCC4)cc32)nnc1-c1ccccc1. The maximum atomic E-state index is 13.2. The van der Waals surface area contributed by atoms with Crippen LogP contribution in [0.2, 0.25) is 0 Å². The van der Waals surface area contributed by atoms with Gasteiger partial charge in [0.05, 0.1) is 4.90 Å². The molecule has 1 N–H and O–H groups in total. The van der Waals surface area contributed by atoms with Gasteiger partial charge in [-0.05, 0) is 61.9 Å². The highest BCUT2D eigenvalue weighted by molar-refractivity contribution is 7.89. The van der Waals surface area contributed by atoms with E-state index in [9.17, 15) is 13.2 Å². The van der Waals surface area contributed by atoms with Crippen LogP contribution in [0.25, 0.3) is 11.4 Å². The summed E-state index contributed by atoms with van der Waals surface area (Å²) in [5.41, 5.74) is 3.14. The van der Waals surface area contributed by atoms with Crippen molar-refractivity contribution in [3.05, 3.63) is 65.5 Å². The van der Waals surface area contributed by atoms with E-state index in [1.807, 2.05) is 49.5 Å². The lowest BCUT2D eigenvalue weighted by Crippen LogP contribution is -2.36. The van der Waals surface area contributed by atoms with Gasteiger partial charge in [-0.25, -0.2) is 8.42 Å². The zero-order valence-corrected chi connectivity index (χ0v) is 21.5. The van der Waals surface area contributed by atoms with E-state index in [1.165, 1.54) is 5.56 Å². The van der Waals surface area contributed by atoms with Crippen LogP contribution in [-0.2, 0) is 23.5 Å². The number of benzene rings is 2. The number of carbonyl (C=O) groups is 1. The number of piperidine rings is 1. The van der Waals surface area contributed by atoms with Crippen molar-refractivity contribution in [3.63, 3.8) is 0 Å². The van der Waals surface area contributed by atoms with E-state index >= 15 is 0 Å². The van der Waals surface area contributed by atoms with Crippen molar-refractivity contribution in [1.82, 2.24) is 24.4 Å². The van der Waals surface area contributed by atoms with Crippen molar-refractivity contribution in [3.8, 4) is 11.4 Å². The minimum Gasteiger partial charge on any atom is -0.310 e. The molecule has 3 aromatic rings. The van der Waals surface area contributed by atoms with Gasteiger partial charge in [-0.2, -0.15) is 4.31 Å². The molecule has 0 spiro atoms. The fraction of sp³-hybridized carbons (Fsp3) is 0.444. The molecule has 0 amide bonds. The molecule has 1 unspecified atom stereocenters. The second-order valence-corrected chi connectivity index (χ2v) is 11.6. The van der Waals surface area contributed by atoms with E-state index in [0.29, 0.717) is 42.5 Å². The van der Waals surface area contributed by atoms with Gasteiger partial charge in [-0.1, -0.05) is 42.8 Å². The third-order valence-corrected chi connectivity index (χ3v) is 9.18. The number of carbonyl (C=O) groups excluding carboxylic acids is 1. The zero-order valence-electron chi connectivity index (χ0n) is 20.7. The molecule has 1 fully saturated rings. The first-order chi connectivity index (χ1) is 17.4. The van der Waals surface area contributed by atoms with Gasteiger partial charge in [-0.15, -0.1) is 10.2 Å². The normalized spacial score (nSPS) is 18.6. The minimum atomic E-state index is -3.48. The number of ketones is 1. The van der Waals surface area contributed by atoms with Crippen molar-refractivity contribution in [2.45, 2.75) is 55.9 Å². The minimum absolute atomic E-state index is 0.0254. The van der Waals surface area contributed by atoms with E-state index in [1.54, 1.807) is 14.9 Å². The Morgan fingerprint density at radius 2 is 1.83 bits per heavy atom. The third-order valence-electron chi connectivity index (χ3n) is 7.28. The van der Waals surface area contributed by atoms with Gasteiger partial charge in [-0.3, -0.25) is 4.79 Å². The van der Waals surface area contributed by atoms with Crippen LogP contribution < -0.4 is 5.32 Å². The number of Topliss-reactive ketones (excluding diaryl/α,β-unsaturated/α-hetero) is 1. The number of rotatable bonds is 8. The number of fused-ring (bicyclic) bond motifs is 1. The van der Waals surface area contributed by atoms with Crippen LogP contribution in [0.5, 0.6) is 0 Å². The molecule has 1 aromatic heterocycles. The Bertz CT molecular complexity index is 1330.